The highest BCUT2D eigenvalue weighted by Gasteiger charge is 2.31. The van der Waals surface area contributed by atoms with Gasteiger partial charge < -0.3 is 5.32 Å². The zero-order chi connectivity index (χ0) is 14.5. The van der Waals surface area contributed by atoms with Gasteiger partial charge in [-0.25, -0.2) is 0 Å². The summed E-state index contributed by atoms with van der Waals surface area (Å²) in [6.45, 7) is 16.7. The summed E-state index contributed by atoms with van der Waals surface area (Å²) in [5.74, 6) is 3.56. The van der Waals surface area contributed by atoms with Crippen LogP contribution in [0.4, 0.5) is 0 Å². The summed E-state index contributed by atoms with van der Waals surface area (Å²) < 4.78 is 0. The van der Waals surface area contributed by atoms with Crippen LogP contribution in [-0.4, -0.2) is 12.1 Å². The Morgan fingerprint density at radius 2 is 1.89 bits per heavy atom. The van der Waals surface area contributed by atoms with Crippen molar-refractivity contribution in [1.29, 1.82) is 0 Å². The fourth-order valence-electron chi connectivity index (χ4n) is 3.36. The molecule has 0 aromatic rings. The molecule has 0 spiro atoms. The lowest BCUT2D eigenvalue weighted by Gasteiger charge is -2.39. The molecular formula is C18H35N. The topological polar surface area (TPSA) is 12.0 Å². The first kappa shape index (κ1) is 16.8. The van der Waals surface area contributed by atoms with E-state index in [4.69, 9.17) is 0 Å². The van der Waals surface area contributed by atoms with E-state index in [-0.39, 0.29) is 5.54 Å². The van der Waals surface area contributed by atoms with E-state index in [1.54, 1.807) is 0 Å². The Morgan fingerprint density at radius 3 is 2.42 bits per heavy atom. The van der Waals surface area contributed by atoms with E-state index >= 15 is 0 Å². The van der Waals surface area contributed by atoms with Crippen molar-refractivity contribution in [1.82, 2.24) is 5.32 Å². The highest BCUT2D eigenvalue weighted by Crippen LogP contribution is 2.39. The summed E-state index contributed by atoms with van der Waals surface area (Å²) in [5.41, 5.74) is 0.248. The normalized spacial score (nSPS) is 28.6. The Morgan fingerprint density at radius 1 is 1.21 bits per heavy atom. The predicted molar refractivity (Wildman–Crippen MR) is 86.3 cm³/mol. The predicted octanol–water partition coefficient (Wildman–Crippen LogP) is 5.03. The van der Waals surface area contributed by atoms with Crippen molar-refractivity contribution in [2.24, 2.45) is 23.7 Å². The minimum atomic E-state index is 0.248. The Balaban J connectivity index is 2.54. The standard InChI is InChI=1S/C18H35N/c1-7-8-9-16-12-15(14(2)3)10-11-17(16)13-19-18(4,5)6/h7,14-17,19H,1,8-13H2,2-6H3. The molecule has 3 unspecified atom stereocenters. The van der Waals surface area contributed by atoms with E-state index in [1.165, 1.54) is 38.6 Å². The van der Waals surface area contributed by atoms with Gasteiger partial charge in [0.25, 0.3) is 0 Å². The molecule has 1 rings (SSSR count). The molecule has 0 heterocycles. The van der Waals surface area contributed by atoms with Crippen LogP contribution in [0.2, 0.25) is 0 Å². The van der Waals surface area contributed by atoms with Gasteiger partial charge >= 0.3 is 0 Å². The molecule has 1 N–H and O–H groups in total. The maximum absolute atomic E-state index is 3.89. The van der Waals surface area contributed by atoms with Crippen LogP contribution >= 0.6 is 0 Å². The SMILES string of the molecule is C=CCCC1CC(C(C)C)CCC1CNC(C)(C)C. The van der Waals surface area contributed by atoms with Crippen molar-refractivity contribution >= 4 is 0 Å². The van der Waals surface area contributed by atoms with Crippen LogP contribution in [0.3, 0.4) is 0 Å². The molecule has 112 valence electrons. The van der Waals surface area contributed by atoms with Crippen molar-refractivity contribution in [3.8, 4) is 0 Å². The van der Waals surface area contributed by atoms with E-state index in [2.05, 4.69) is 52.6 Å². The molecule has 0 amide bonds. The van der Waals surface area contributed by atoms with Crippen molar-refractivity contribution < 1.29 is 0 Å². The van der Waals surface area contributed by atoms with Gasteiger partial charge in [0.15, 0.2) is 0 Å². The summed E-state index contributed by atoms with van der Waals surface area (Å²) in [4.78, 5) is 0. The number of nitrogens with one attached hydrogen (secondary N) is 1. The van der Waals surface area contributed by atoms with Crippen molar-refractivity contribution in [2.45, 2.75) is 72.3 Å². The Labute approximate surface area is 121 Å². The Bertz CT molecular complexity index is 261. The zero-order valence-electron chi connectivity index (χ0n) is 13.8. The largest absolute Gasteiger partial charge is 0.312 e. The molecule has 19 heavy (non-hydrogen) atoms. The smallest absolute Gasteiger partial charge is 0.00966 e. The highest BCUT2D eigenvalue weighted by molar-refractivity contribution is 4.86. The summed E-state index contributed by atoms with van der Waals surface area (Å²) in [6.07, 6.45) is 8.88. The third-order valence-electron chi connectivity index (χ3n) is 4.76. The summed E-state index contributed by atoms with van der Waals surface area (Å²) >= 11 is 0. The molecule has 3 atom stereocenters. The molecule has 1 heteroatoms. The van der Waals surface area contributed by atoms with Gasteiger partial charge in [0, 0.05) is 5.54 Å². The number of rotatable bonds is 6. The number of hydrogen-bond donors (Lipinski definition) is 1. The Kier molecular flexibility index (Phi) is 6.59. The Hall–Kier alpha value is -0.300. The lowest BCUT2D eigenvalue weighted by molar-refractivity contribution is 0.133. The van der Waals surface area contributed by atoms with Gasteiger partial charge in [-0.3, -0.25) is 0 Å². The molecular weight excluding hydrogens is 230 g/mol. The van der Waals surface area contributed by atoms with E-state index in [1.807, 2.05) is 0 Å². The second kappa shape index (κ2) is 7.47. The third-order valence-corrected chi connectivity index (χ3v) is 4.76. The first-order valence-electron chi connectivity index (χ1n) is 8.19. The van der Waals surface area contributed by atoms with Crippen LogP contribution in [0.5, 0.6) is 0 Å². The minimum absolute atomic E-state index is 0.248. The monoisotopic (exact) mass is 265 g/mol. The van der Waals surface area contributed by atoms with Crippen molar-refractivity contribution in [3.63, 3.8) is 0 Å². The van der Waals surface area contributed by atoms with Gasteiger partial charge in [-0.15, -0.1) is 6.58 Å². The molecule has 1 saturated carbocycles. The van der Waals surface area contributed by atoms with Gasteiger partial charge in [-0.1, -0.05) is 19.9 Å². The second-order valence-electron chi connectivity index (χ2n) is 7.83. The molecule has 0 bridgehead atoms. The van der Waals surface area contributed by atoms with Crippen LogP contribution < -0.4 is 5.32 Å². The van der Waals surface area contributed by atoms with Gasteiger partial charge in [0.2, 0.25) is 0 Å². The molecule has 0 aliphatic heterocycles. The molecule has 0 saturated heterocycles. The quantitative estimate of drug-likeness (QED) is 0.664. The minimum Gasteiger partial charge on any atom is -0.312 e. The molecule has 0 radical (unpaired) electrons. The molecule has 1 fully saturated rings. The fourth-order valence-corrected chi connectivity index (χ4v) is 3.36. The van der Waals surface area contributed by atoms with Gasteiger partial charge in [0.05, 0.1) is 0 Å². The van der Waals surface area contributed by atoms with Crippen molar-refractivity contribution in [2.75, 3.05) is 6.54 Å². The number of hydrogen-bond acceptors (Lipinski definition) is 1. The molecule has 0 aromatic carbocycles. The van der Waals surface area contributed by atoms with Gasteiger partial charge in [0.1, 0.15) is 0 Å². The first-order chi connectivity index (χ1) is 8.83. The van der Waals surface area contributed by atoms with Crippen LogP contribution in [0.25, 0.3) is 0 Å². The molecule has 1 nitrogen and oxygen atoms in total. The lowest BCUT2D eigenvalue weighted by atomic mass is 9.69. The maximum Gasteiger partial charge on any atom is 0.00966 e. The fraction of sp³-hybridized carbons (Fsp3) is 0.889. The van der Waals surface area contributed by atoms with Crippen LogP contribution in [0, 0.1) is 23.7 Å². The van der Waals surface area contributed by atoms with Crippen LogP contribution in [-0.2, 0) is 0 Å². The zero-order valence-corrected chi connectivity index (χ0v) is 13.8. The first-order valence-corrected chi connectivity index (χ1v) is 8.19. The van der Waals surface area contributed by atoms with Gasteiger partial charge in [-0.05, 0) is 83.1 Å². The average molecular weight is 265 g/mol. The third kappa shape index (κ3) is 6.12. The van der Waals surface area contributed by atoms with E-state index in [0.717, 1.165) is 23.7 Å². The van der Waals surface area contributed by atoms with Crippen LogP contribution in [0.15, 0.2) is 12.7 Å². The molecule has 1 aliphatic rings. The maximum atomic E-state index is 3.89. The average Bonchev–Trinajstić information content (AvgIpc) is 2.33. The summed E-state index contributed by atoms with van der Waals surface area (Å²) in [5, 5.41) is 3.72. The van der Waals surface area contributed by atoms with E-state index < -0.39 is 0 Å². The van der Waals surface area contributed by atoms with E-state index in [9.17, 15) is 0 Å². The van der Waals surface area contributed by atoms with Crippen LogP contribution in [0.1, 0.15) is 66.7 Å². The number of allylic oxidation sites excluding steroid dienone is 1. The van der Waals surface area contributed by atoms with Gasteiger partial charge in [-0.2, -0.15) is 0 Å². The van der Waals surface area contributed by atoms with E-state index in [0.29, 0.717) is 0 Å². The molecule has 1 aliphatic carbocycles. The molecule has 0 aromatic heterocycles. The lowest BCUT2D eigenvalue weighted by Crippen LogP contribution is -2.42. The second-order valence-corrected chi connectivity index (χ2v) is 7.83. The highest BCUT2D eigenvalue weighted by atomic mass is 14.9. The summed E-state index contributed by atoms with van der Waals surface area (Å²) in [6, 6.07) is 0. The summed E-state index contributed by atoms with van der Waals surface area (Å²) in [7, 11) is 0. The van der Waals surface area contributed by atoms with Crippen molar-refractivity contribution in [3.05, 3.63) is 12.7 Å².